The number of nitrogens with zero attached hydrogens (tertiary/aromatic N) is 1. The average Bonchev–Trinajstić information content (AvgIpc) is 3.55. The van der Waals surface area contributed by atoms with Crippen LogP contribution in [0.25, 0.3) is 0 Å². The first-order valence-corrected chi connectivity index (χ1v) is 12.2. The summed E-state index contributed by atoms with van der Waals surface area (Å²) < 4.78 is 33.6. The van der Waals surface area contributed by atoms with E-state index in [9.17, 15) is 14.2 Å². The summed E-state index contributed by atoms with van der Waals surface area (Å²) in [6.45, 7) is 5.53. The molecule has 31 heavy (non-hydrogen) atoms. The van der Waals surface area contributed by atoms with E-state index >= 15 is 0 Å². The van der Waals surface area contributed by atoms with Gasteiger partial charge in [-0.3, -0.25) is 13.8 Å². The summed E-state index contributed by atoms with van der Waals surface area (Å²) in [4.78, 5) is 26.5. The van der Waals surface area contributed by atoms with Crippen LogP contribution in [0.4, 0.5) is 10.5 Å². The van der Waals surface area contributed by atoms with Crippen LogP contribution < -0.4 is 5.73 Å². The van der Waals surface area contributed by atoms with E-state index in [0.29, 0.717) is 36.9 Å². The van der Waals surface area contributed by atoms with Crippen LogP contribution in [-0.4, -0.2) is 42.9 Å². The van der Waals surface area contributed by atoms with Gasteiger partial charge < -0.3 is 10.5 Å². The average molecular weight is 456 g/mol. The Hall–Kier alpha value is -1.93. The fraction of sp³-hybridized carbons (Fsp3) is 0.619. The topological polar surface area (TPSA) is 117 Å². The number of unbranched alkanes of at least 4 members (excludes halogenated alkanes) is 2. The van der Waals surface area contributed by atoms with E-state index in [4.69, 9.17) is 24.0 Å². The van der Waals surface area contributed by atoms with Crippen LogP contribution in [-0.2, 0) is 22.9 Å². The largest absolute Gasteiger partial charge is 0.477 e. The van der Waals surface area contributed by atoms with Crippen LogP contribution in [0.15, 0.2) is 18.2 Å². The normalized spacial score (nSPS) is 13.8. The monoisotopic (exact) mass is 456 g/mol. The third kappa shape index (κ3) is 7.92. The second-order valence-corrected chi connectivity index (χ2v) is 9.12. The minimum absolute atomic E-state index is 0.204. The number of aryl methyl sites for hydroxylation is 1. The molecule has 0 aliphatic heterocycles. The van der Waals surface area contributed by atoms with E-state index in [0.717, 1.165) is 23.3 Å². The number of phosphoric ester groups is 1. The van der Waals surface area contributed by atoms with Crippen molar-refractivity contribution >= 4 is 25.5 Å². The van der Waals surface area contributed by atoms with Crippen LogP contribution in [0.1, 0.15) is 68.3 Å². The Morgan fingerprint density at radius 1 is 1.10 bits per heavy atom. The lowest BCUT2D eigenvalue weighted by Gasteiger charge is -2.22. The number of phosphoric acid groups is 1. The highest BCUT2D eigenvalue weighted by atomic mass is 31.2. The number of nitrogen functional groups attached to an aromatic ring is 1. The summed E-state index contributed by atoms with van der Waals surface area (Å²) in [7, 11) is -3.86. The molecule has 0 saturated heterocycles. The molecule has 2 rings (SSSR count). The van der Waals surface area contributed by atoms with Crippen LogP contribution >= 0.6 is 7.82 Å². The Morgan fingerprint density at radius 3 is 2.23 bits per heavy atom. The number of nitrogens with two attached hydrogens (primary N) is 1. The highest BCUT2D eigenvalue weighted by Gasteiger charge is 2.39. The molecule has 1 aromatic carbocycles. The predicted octanol–water partition coefficient (Wildman–Crippen LogP) is 5.03. The standard InChI is InChI=1S/C21H33N2O7P/c1-4-6-12-28-31(26,29-13-7-5-2)30-15-27-21(25)23(18-10-11-18)20(24)17-9-8-16(3)19(22)14-17/h8-9,14,18H,4-7,10-13,15,22H2,1-3H3. The van der Waals surface area contributed by atoms with Gasteiger partial charge >= 0.3 is 13.9 Å². The van der Waals surface area contributed by atoms with Crippen molar-refractivity contribution < 1.29 is 32.5 Å². The van der Waals surface area contributed by atoms with Gasteiger partial charge in [0.15, 0.2) is 0 Å². The Labute approximate surface area is 183 Å². The summed E-state index contributed by atoms with van der Waals surface area (Å²) in [5, 5.41) is 0. The van der Waals surface area contributed by atoms with Crippen molar-refractivity contribution in [2.75, 3.05) is 25.7 Å². The molecule has 1 fully saturated rings. The molecule has 1 saturated carbocycles. The number of rotatable bonds is 13. The number of ether oxygens (including phenoxy) is 1. The van der Waals surface area contributed by atoms with Gasteiger partial charge in [0.25, 0.3) is 5.91 Å². The minimum atomic E-state index is -3.86. The van der Waals surface area contributed by atoms with Crippen molar-refractivity contribution in [3.05, 3.63) is 29.3 Å². The van der Waals surface area contributed by atoms with Gasteiger partial charge in [0.2, 0.25) is 6.79 Å². The van der Waals surface area contributed by atoms with Crippen molar-refractivity contribution in [2.45, 2.75) is 65.3 Å². The molecule has 0 aromatic heterocycles. The van der Waals surface area contributed by atoms with Gasteiger partial charge in [-0.1, -0.05) is 32.8 Å². The van der Waals surface area contributed by atoms with Gasteiger partial charge in [-0.2, -0.15) is 0 Å². The highest BCUT2D eigenvalue weighted by molar-refractivity contribution is 7.48. The second kappa shape index (κ2) is 12.2. The zero-order valence-corrected chi connectivity index (χ0v) is 19.4. The molecule has 0 unspecified atom stereocenters. The van der Waals surface area contributed by atoms with Crippen molar-refractivity contribution in [2.24, 2.45) is 0 Å². The number of carbonyl (C=O) groups is 2. The molecule has 1 aromatic rings. The fourth-order valence-electron chi connectivity index (χ4n) is 2.61. The number of carbonyl (C=O) groups excluding carboxylic acids is 2. The molecular formula is C21H33N2O7P. The lowest BCUT2D eigenvalue weighted by atomic mass is 10.1. The summed E-state index contributed by atoms with van der Waals surface area (Å²) in [6.07, 6.45) is 3.60. The van der Waals surface area contributed by atoms with Crippen LogP contribution in [0.2, 0.25) is 0 Å². The first-order valence-electron chi connectivity index (χ1n) is 10.7. The third-order valence-electron chi connectivity index (χ3n) is 4.74. The maximum absolute atomic E-state index is 12.9. The first-order chi connectivity index (χ1) is 14.8. The van der Waals surface area contributed by atoms with E-state index in [1.807, 2.05) is 20.8 Å². The molecular weight excluding hydrogens is 423 g/mol. The third-order valence-corrected chi connectivity index (χ3v) is 6.16. The zero-order chi connectivity index (χ0) is 22.9. The fourth-order valence-corrected chi connectivity index (χ4v) is 3.72. The number of imide groups is 1. The Balaban J connectivity index is 1.97. The highest BCUT2D eigenvalue weighted by Crippen LogP contribution is 2.49. The van der Waals surface area contributed by atoms with E-state index in [1.165, 1.54) is 6.07 Å². The number of hydrogen-bond acceptors (Lipinski definition) is 8. The van der Waals surface area contributed by atoms with E-state index in [1.54, 1.807) is 12.1 Å². The lowest BCUT2D eigenvalue weighted by molar-refractivity contribution is 0.00660. The van der Waals surface area contributed by atoms with Gasteiger partial charge in [-0.15, -0.1) is 0 Å². The van der Waals surface area contributed by atoms with Crippen LogP contribution in [0.5, 0.6) is 0 Å². The van der Waals surface area contributed by atoms with Crippen molar-refractivity contribution in [3.63, 3.8) is 0 Å². The molecule has 1 aliphatic carbocycles. The molecule has 0 bridgehead atoms. The molecule has 1 aliphatic rings. The molecule has 10 heteroatoms. The minimum Gasteiger partial charge on any atom is -0.421 e. The quantitative estimate of drug-likeness (QED) is 0.190. The molecule has 9 nitrogen and oxygen atoms in total. The first kappa shape index (κ1) is 25.3. The number of hydrogen-bond donors (Lipinski definition) is 1. The molecule has 0 atom stereocenters. The molecule has 2 amide bonds. The number of anilines is 1. The van der Waals surface area contributed by atoms with Gasteiger partial charge in [-0.05, 0) is 50.3 Å². The van der Waals surface area contributed by atoms with Gasteiger partial charge in [0.1, 0.15) is 0 Å². The molecule has 174 valence electrons. The summed E-state index contributed by atoms with van der Waals surface area (Å²) in [5.74, 6) is -0.499. The van der Waals surface area contributed by atoms with Crippen LogP contribution in [0.3, 0.4) is 0 Å². The lowest BCUT2D eigenvalue weighted by Crippen LogP contribution is -2.39. The van der Waals surface area contributed by atoms with Gasteiger partial charge in [-0.25, -0.2) is 18.8 Å². The van der Waals surface area contributed by atoms with Crippen molar-refractivity contribution in [1.82, 2.24) is 4.90 Å². The summed E-state index contributed by atoms with van der Waals surface area (Å²) in [5.41, 5.74) is 7.49. The maximum Gasteiger partial charge on any atom is 0.477 e. The number of benzene rings is 1. The van der Waals surface area contributed by atoms with Crippen LogP contribution in [0, 0.1) is 6.92 Å². The Bertz CT molecular complexity index is 784. The van der Waals surface area contributed by atoms with Crippen molar-refractivity contribution in [1.29, 1.82) is 0 Å². The maximum atomic E-state index is 12.9. The number of amides is 2. The summed E-state index contributed by atoms with van der Waals surface area (Å²) in [6, 6.07) is 4.63. The van der Waals surface area contributed by atoms with E-state index in [-0.39, 0.29) is 19.3 Å². The van der Waals surface area contributed by atoms with Gasteiger partial charge in [0.05, 0.1) is 13.2 Å². The predicted molar refractivity (Wildman–Crippen MR) is 117 cm³/mol. The zero-order valence-electron chi connectivity index (χ0n) is 18.5. The molecule has 0 radical (unpaired) electrons. The van der Waals surface area contributed by atoms with Gasteiger partial charge in [0, 0.05) is 17.3 Å². The molecule has 0 spiro atoms. The Kier molecular flexibility index (Phi) is 9.96. The molecule has 2 N–H and O–H groups in total. The Morgan fingerprint density at radius 2 is 1.71 bits per heavy atom. The van der Waals surface area contributed by atoms with Crippen molar-refractivity contribution in [3.8, 4) is 0 Å². The smallest absolute Gasteiger partial charge is 0.421 e. The van der Waals surface area contributed by atoms with E-state index in [2.05, 4.69) is 0 Å². The second-order valence-electron chi connectivity index (χ2n) is 7.46. The molecule has 0 heterocycles. The summed E-state index contributed by atoms with van der Waals surface area (Å²) >= 11 is 0. The SMILES string of the molecule is CCCCOP(=O)(OCCCC)OCOC(=O)N(C(=O)c1ccc(C)c(N)c1)C1CC1. The van der Waals surface area contributed by atoms with E-state index < -0.39 is 26.6 Å².